The van der Waals surface area contributed by atoms with Gasteiger partial charge in [-0.3, -0.25) is 4.79 Å². The summed E-state index contributed by atoms with van der Waals surface area (Å²) in [6, 6.07) is 3.63. The molecule has 0 amide bonds. The van der Waals surface area contributed by atoms with Crippen molar-refractivity contribution in [2.75, 3.05) is 0 Å². The molecule has 1 aromatic carbocycles. The number of nitrogens with zero attached hydrogens (tertiary/aromatic N) is 1. The molecular formula is C12H11Cl2NO. The van der Waals surface area contributed by atoms with E-state index in [9.17, 15) is 4.79 Å². The number of carbonyl (C=O) groups is 1. The number of fused-ring (bicyclic) bond motifs is 1. The number of halogens is 2. The van der Waals surface area contributed by atoms with Gasteiger partial charge < -0.3 is 4.57 Å². The van der Waals surface area contributed by atoms with E-state index in [1.165, 1.54) is 0 Å². The molecule has 1 aromatic heterocycles. The maximum absolute atomic E-state index is 11.0. The van der Waals surface area contributed by atoms with Gasteiger partial charge in [0.15, 0.2) is 6.29 Å². The molecule has 0 aliphatic heterocycles. The lowest BCUT2D eigenvalue weighted by atomic mass is 10.1. The number of hydrogen-bond donors (Lipinski definition) is 0. The van der Waals surface area contributed by atoms with Crippen LogP contribution in [0, 0.1) is 6.92 Å². The second kappa shape index (κ2) is 4.11. The largest absolute Gasteiger partial charge is 0.331 e. The lowest BCUT2D eigenvalue weighted by Crippen LogP contribution is -1.95. The van der Waals surface area contributed by atoms with Gasteiger partial charge in [0, 0.05) is 17.0 Å². The van der Waals surface area contributed by atoms with E-state index in [0.29, 0.717) is 22.3 Å². The highest BCUT2D eigenvalue weighted by atomic mass is 35.5. The number of aldehydes is 1. The first-order chi connectivity index (χ1) is 7.61. The van der Waals surface area contributed by atoms with Crippen molar-refractivity contribution in [2.24, 2.45) is 0 Å². The molecule has 0 radical (unpaired) electrons. The van der Waals surface area contributed by atoms with Gasteiger partial charge in [0.25, 0.3) is 0 Å². The van der Waals surface area contributed by atoms with Crippen LogP contribution in [0.1, 0.15) is 22.8 Å². The molecule has 0 aliphatic carbocycles. The van der Waals surface area contributed by atoms with Crippen molar-refractivity contribution in [2.45, 2.75) is 20.4 Å². The summed E-state index contributed by atoms with van der Waals surface area (Å²) in [6.45, 7) is 4.63. The summed E-state index contributed by atoms with van der Waals surface area (Å²) in [4.78, 5) is 11.0. The predicted molar refractivity (Wildman–Crippen MR) is 67.8 cm³/mol. The van der Waals surface area contributed by atoms with E-state index in [2.05, 4.69) is 0 Å². The summed E-state index contributed by atoms with van der Waals surface area (Å²) in [6.07, 6.45) is 0.796. The van der Waals surface area contributed by atoms with Crippen molar-refractivity contribution in [1.29, 1.82) is 0 Å². The van der Waals surface area contributed by atoms with E-state index in [-0.39, 0.29) is 0 Å². The molecular weight excluding hydrogens is 245 g/mol. The Morgan fingerprint density at radius 1 is 1.38 bits per heavy atom. The fraction of sp³-hybridized carbons (Fsp3) is 0.250. The van der Waals surface area contributed by atoms with Crippen LogP contribution in [0.15, 0.2) is 12.1 Å². The first-order valence-electron chi connectivity index (χ1n) is 5.03. The standard InChI is InChI=1S/C12H11Cl2NO/c1-3-15-11-7(2)10(13)5-4-8(11)9(6-16)12(15)14/h4-6H,3H2,1-2H3. The second-order valence-corrected chi connectivity index (χ2v) is 4.40. The van der Waals surface area contributed by atoms with Crippen LogP contribution in [-0.4, -0.2) is 10.9 Å². The Morgan fingerprint density at radius 2 is 2.06 bits per heavy atom. The quantitative estimate of drug-likeness (QED) is 0.742. The maximum Gasteiger partial charge on any atom is 0.153 e. The summed E-state index contributed by atoms with van der Waals surface area (Å²) in [5, 5.41) is 2.04. The lowest BCUT2D eigenvalue weighted by Gasteiger charge is -2.06. The molecule has 0 saturated carbocycles. The van der Waals surface area contributed by atoms with Gasteiger partial charge in [-0.15, -0.1) is 0 Å². The van der Waals surface area contributed by atoms with Gasteiger partial charge in [0.2, 0.25) is 0 Å². The molecule has 0 aliphatic rings. The van der Waals surface area contributed by atoms with Crippen LogP contribution in [0.4, 0.5) is 0 Å². The highest BCUT2D eigenvalue weighted by Gasteiger charge is 2.16. The SMILES string of the molecule is CCn1c(Cl)c(C=O)c2ccc(Cl)c(C)c21. The molecule has 0 unspecified atom stereocenters. The summed E-state index contributed by atoms with van der Waals surface area (Å²) < 4.78 is 1.90. The van der Waals surface area contributed by atoms with Crippen LogP contribution in [-0.2, 0) is 6.54 Å². The Labute approximate surface area is 104 Å². The van der Waals surface area contributed by atoms with Crippen molar-refractivity contribution in [1.82, 2.24) is 4.57 Å². The maximum atomic E-state index is 11.0. The second-order valence-electron chi connectivity index (χ2n) is 3.64. The third-order valence-electron chi connectivity index (χ3n) is 2.82. The van der Waals surface area contributed by atoms with E-state index >= 15 is 0 Å². The fourth-order valence-electron chi connectivity index (χ4n) is 2.00. The molecule has 2 rings (SSSR count). The summed E-state index contributed by atoms with van der Waals surface area (Å²) in [7, 11) is 0. The van der Waals surface area contributed by atoms with E-state index in [1.807, 2.05) is 24.5 Å². The third kappa shape index (κ3) is 1.45. The molecule has 0 atom stereocenters. The van der Waals surface area contributed by atoms with Crippen LogP contribution < -0.4 is 0 Å². The minimum atomic E-state index is 0.484. The van der Waals surface area contributed by atoms with Crippen molar-refractivity contribution >= 4 is 40.4 Å². The molecule has 0 saturated heterocycles. The molecule has 4 heteroatoms. The Bertz CT molecular complexity index is 572. The summed E-state index contributed by atoms with van der Waals surface area (Å²) in [5.74, 6) is 0. The summed E-state index contributed by atoms with van der Waals surface area (Å²) in [5.41, 5.74) is 2.44. The monoisotopic (exact) mass is 255 g/mol. The zero-order valence-electron chi connectivity index (χ0n) is 9.05. The highest BCUT2D eigenvalue weighted by molar-refractivity contribution is 6.35. The van der Waals surface area contributed by atoms with Crippen LogP contribution in [0.5, 0.6) is 0 Å². The Hall–Kier alpha value is -0.990. The zero-order valence-corrected chi connectivity index (χ0v) is 10.6. The Balaban J connectivity index is 3.00. The first kappa shape index (κ1) is 11.5. The van der Waals surface area contributed by atoms with Gasteiger partial charge in [-0.25, -0.2) is 0 Å². The average molecular weight is 256 g/mol. The van der Waals surface area contributed by atoms with Gasteiger partial charge in [-0.1, -0.05) is 29.3 Å². The van der Waals surface area contributed by atoms with Crippen molar-refractivity contribution in [3.05, 3.63) is 33.4 Å². The molecule has 16 heavy (non-hydrogen) atoms. The normalized spacial score (nSPS) is 11.0. The fourth-order valence-corrected chi connectivity index (χ4v) is 2.51. The molecule has 0 N–H and O–H groups in total. The van der Waals surface area contributed by atoms with Crippen LogP contribution in [0.3, 0.4) is 0 Å². The van der Waals surface area contributed by atoms with Crippen LogP contribution >= 0.6 is 23.2 Å². The first-order valence-corrected chi connectivity index (χ1v) is 5.79. The van der Waals surface area contributed by atoms with Crippen molar-refractivity contribution in [3.8, 4) is 0 Å². The van der Waals surface area contributed by atoms with Crippen molar-refractivity contribution in [3.63, 3.8) is 0 Å². The molecule has 2 aromatic rings. The van der Waals surface area contributed by atoms with Crippen molar-refractivity contribution < 1.29 is 4.79 Å². The molecule has 0 fully saturated rings. The average Bonchev–Trinajstić information content (AvgIpc) is 2.56. The van der Waals surface area contributed by atoms with E-state index < -0.39 is 0 Å². The van der Waals surface area contributed by atoms with E-state index in [0.717, 1.165) is 22.8 Å². The Kier molecular flexibility index (Phi) is 2.96. The number of aromatic nitrogens is 1. The summed E-state index contributed by atoms with van der Waals surface area (Å²) >= 11 is 12.2. The van der Waals surface area contributed by atoms with Gasteiger partial charge in [-0.05, 0) is 25.5 Å². The van der Waals surface area contributed by atoms with Gasteiger partial charge in [0.05, 0.1) is 11.1 Å². The minimum absolute atomic E-state index is 0.484. The lowest BCUT2D eigenvalue weighted by molar-refractivity contribution is 0.112. The third-order valence-corrected chi connectivity index (χ3v) is 3.64. The number of aryl methyl sites for hydroxylation is 2. The molecule has 84 valence electrons. The molecule has 0 bridgehead atoms. The number of carbonyl (C=O) groups excluding carboxylic acids is 1. The smallest absolute Gasteiger partial charge is 0.153 e. The molecule has 1 heterocycles. The minimum Gasteiger partial charge on any atom is -0.331 e. The number of rotatable bonds is 2. The van der Waals surface area contributed by atoms with Gasteiger partial charge >= 0.3 is 0 Å². The predicted octanol–water partition coefficient (Wildman–Crippen LogP) is 4.09. The molecule has 2 nitrogen and oxygen atoms in total. The van der Waals surface area contributed by atoms with Gasteiger partial charge in [0.1, 0.15) is 5.15 Å². The number of hydrogen-bond acceptors (Lipinski definition) is 1. The highest BCUT2D eigenvalue weighted by Crippen LogP contribution is 2.33. The van der Waals surface area contributed by atoms with Gasteiger partial charge in [-0.2, -0.15) is 0 Å². The zero-order chi connectivity index (χ0) is 11.9. The molecule has 0 spiro atoms. The number of benzene rings is 1. The van der Waals surface area contributed by atoms with Crippen LogP contribution in [0.2, 0.25) is 10.2 Å². The Morgan fingerprint density at radius 3 is 2.62 bits per heavy atom. The van der Waals surface area contributed by atoms with Crippen LogP contribution in [0.25, 0.3) is 10.9 Å². The van der Waals surface area contributed by atoms with E-state index in [4.69, 9.17) is 23.2 Å². The topological polar surface area (TPSA) is 22.0 Å². The van der Waals surface area contributed by atoms with E-state index in [1.54, 1.807) is 6.07 Å².